The summed E-state index contributed by atoms with van der Waals surface area (Å²) in [6, 6.07) is 2.65. The molecule has 2 aliphatic heterocycles. The van der Waals surface area contributed by atoms with Crippen LogP contribution in [0.2, 0.25) is 5.02 Å². The van der Waals surface area contributed by atoms with Crippen molar-refractivity contribution in [1.29, 1.82) is 0 Å². The molecule has 1 saturated heterocycles. The number of ether oxygens (including phenoxy) is 1. The SMILES string of the molecule is C[C@H]1c2c(Cl)cc(F)cc2CCN1C(=O)[C@H]1CNCCO1.Cl. The molecule has 0 bridgehead atoms. The highest BCUT2D eigenvalue weighted by molar-refractivity contribution is 6.31. The Morgan fingerprint density at radius 1 is 1.50 bits per heavy atom. The summed E-state index contributed by atoms with van der Waals surface area (Å²) in [7, 11) is 0. The summed E-state index contributed by atoms with van der Waals surface area (Å²) in [6.45, 7) is 4.34. The van der Waals surface area contributed by atoms with E-state index in [0.29, 0.717) is 31.1 Å². The minimum atomic E-state index is -0.443. The Labute approximate surface area is 140 Å². The highest BCUT2D eigenvalue weighted by atomic mass is 35.5. The average Bonchev–Trinajstić information content (AvgIpc) is 2.47. The van der Waals surface area contributed by atoms with Gasteiger partial charge in [0.2, 0.25) is 0 Å². The first-order valence-corrected chi connectivity index (χ1v) is 7.56. The van der Waals surface area contributed by atoms with Gasteiger partial charge in [-0.1, -0.05) is 11.6 Å². The lowest BCUT2D eigenvalue weighted by molar-refractivity contribution is -0.147. The number of carbonyl (C=O) groups excluding carboxylic acids is 1. The van der Waals surface area contributed by atoms with Gasteiger partial charge < -0.3 is 15.0 Å². The van der Waals surface area contributed by atoms with Gasteiger partial charge in [-0.3, -0.25) is 4.79 Å². The minimum absolute atomic E-state index is 0. The van der Waals surface area contributed by atoms with E-state index in [0.717, 1.165) is 17.7 Å². The summed E-state index contributed by atoms with van der Waals surface area (Å²) in [5.74, 6) is -0.355. The fourth-order valence-electron chi connectivity index (χ4n) is 3.11. The second-order valence-electron chi connectivity index (χ2n) is 5.48. The molecule has 0 spiro atoms. The molecule has 2 atom stereocenters. The normalized spacial score (nSPS) is 24.4. The van der Waals surface area contributed by atoms with Gasteiger partial charge in [0.25, 0.3) is 5.91 Å². The first-order chi connectivity index (χ1) is 10.1. The van der Waals surface area contributed by atoms with Crippen LogP contribution in [0.5, 0.6) is 0 Å². The second kappa shape index (κ2) is 7.13. The number of rotatable bonds is 1. The lowest BCUT2D eigenvalue weighted by Crippen LogP contribution is -2.51. The molecule has 1 amide bonds. The van der Waals surface area contributed by atoms with Crippen LogP contribution in [0.15, 0.2) is 12.1 Å². The Morgan fingerprint density at radius 3 is 2.95 bits per heavy atom. The van der Waals surface area contributed by atoms with Crippen LogP contribution in [0.4, 0.5) is 4.39 Å². The van der Waals surface area contributed by atoms with Crippen molar-refractivity contribution >= 4 is 29.9 Å². The van der Waals surface area contributed by atoms with E-state index >= 15 is 0 Å². The molecule has 0 unspecified atom stereocenters. The first kappa shape index (κ1) is 17.5. The number of fused-ring (bicyclic) bond motifs is 1. The van der Waals surface area contributed by atoms with Gasteiger partial charge in [0.15, 0.2) is 0 Å². The van der Waals surface area contributed by atoms with Crippen molar-refractivity contribution < 1.29 is 13.9 Å². The standard InChI is InChI=1S/C15H18ClFN2O2.ClH/c1-9-14-10(6-11(17)7-12(14)16)2-4-19(9)15(20)13-8-18-3-5-21-13;/h6-7,9,13,18H,2-5,8H2,1H3;1H/t9-,13+;/m0./s1. The van der Waals surface area contributed by atoms with Gasteiger partial charge >= 0.3 is 0 Å². The van der Waals surface area contributed by atoms with Crippen molar-refractivity contribution in [2.75, 3.05) is 26.2 Å². The van der Waals surface area contributed by atoms with Crippen LogP contribution in [0, 0.1) is 5.82 Å². The number of nitrogens with zero attached hydrogens (tertiary/aromatic N) is 1. The highest BCUT2D eigenvalue weighted by Gasteiger charge is 2.34. The van der Waals surface area contributed by atoms with Crippen LogP contribution in [0.1, 0.15) is 24.1 Å². The molecular weight excluding hydrogens is 330 g/mol. The minimum Gasteiger partial charge on any atom is -0.366 e. The maximum atomic E-state index is 13.4. The van der Waals surface area contributed by atoms with Crippen LogP contribution in [0.25, 0.3) is 0 Å². The van der Waals surface area contributed by atoms with E-state index in [4.69, 9.17) is 16.3 Å². The summed E-state index contributed by atoms with van der Waals surface area (Å²) in [5.41, 5.74) is 1.74. The van der Waals surface area contributed by atoms with Crippen LogP contribution < -0.4 is 5.32 Å². The van der Waals surface area contributed by atoms with Crippen molar-refractivity contribution in [3.05, 3.63) is 34.1 Å². The number of hydrogen-bond donors (Lipinski definition) is 1. The van der Waals surface area contributed by atoms with Gasteiger partial charge in [-0.05, 0) is 36.6 Å². The third-order valence-electron chi connectivity index (χ3n) is 4.17. The molecule has 1 aromatic rings. The quantitative estimate of drug-likeness (QED) is 0.846. The van der Waals surface area contributed by atoms with E-state index in [-0.39, 0.29) is 30.2 Å². The van der Waals surface area contributed by atoms with E-state index < -0.39 is 6.10 Å². The number of carbonyl (C=O) groups is 1. The maximum absolute atomic E-state index is 13.4. The Kier molecular flexibility index (Phi) is 5.66. The second-order valence-corrected chi connectivity index (χ2v) is 5.89. The molecule has 0 radical (unpaired) electrons. The molecule has 2 aliphatic rings. The van der Waals surface area contributed by atoms with Crippen molar-refractivity contribution in [2.24, 2.45) is 0 Å². The number of morpholine rings is 1. The third kappa shape index (κ3) is 3.23. The predicted molar refractivity (Wildman–Crippen MR) is 85.1 cm³/mol. The zero-order valence-electron chi connectivity index (χ0n) is 12.3. The highest BCUT2D eigenvalue weighted by Crippen LogP contribution is 2.35. The average molecular weight is 349 g/mol. The van der Waals surface area contributed by atoms with Gasteiger partial charge in [0.1, 0.15) is 11.9 Å². The molecule has 1 fully saturated rings. The molecule has 1 aromatic carbocycles. The Morgan fingerprint density at radius 2 is 2.27 bits per heavy atom. The molecule has 22 heavy (non-hydrogen) atoms. The van der Waals surface area contributed by atoms with Crippen LogP contribution in [0.3, 0.4) is 0 Å². The fourth-order valence-corrected chi connectivity index (χ4v) is 3.50. The number of hydrogen-bond acceptors (Lipinski definition) is 3. The van der Waals surface area contributed by atoms with Crippen LogP contribution >= 0.6 is 24.0 Å². The Balaban J connectivity index is 0.00000176. The lowest BCUT2D eigenvalue weighted by Gasteiger charge is -2.38. The third-order valence-corrected chi connectivity index (χ3v) is 4.49. The Hall–Kier alpha value is -0.880. The molecule has 122 valence electrons. The zero-order chi connectivity index (χ0) is 15.0. The number of nitrogens with one attached hydrogen (secondary N) is 1. The molecule has 3 rings (SSSR count). The largest absolute Gasteiger partial charge is 0.366 e. The van der Waals surface area contributed by atoms with Gasteiger partial charge in [0, 0.05) is 24.7 Å². The van der Waals surface area contributed by atoms with Crippen molar-refractivity contribution in [3.63, 3.8) is 0 Å². The van der Waals surface area contributed by atoms with Crippen LogP contribution in [-0.2, 0) is 16.0 Å². The number of halogens is 3. The number of amides is 1. The summed E-state index contributed by atoms with van der Waals surface area (Å²) in [5, 5.41) is 3.55. The van der Waals surface area contributed by atoms with E-state index in [1.165, 1.54) is 12.1 Å². The van der Waals surface area contributed by atoms with Gasteiger partial charge in [-0.25, -0.2) is 4.39 Å². The van der Waals surface area contributed by atoms with Gasteiger partial charge in [0.05, 0.1) is 12.6 Å². The lowest BCUT2D eigenvalue weighted by atomic mass is 9.93. The van der Waals surface area contributed by atoms with Gasteiger partial charge in [-0.2, -0.15) is 0 Å². The molecule has 4 nitrogen and oxygen atoms in total. The maximum Gasteiger partial charge on any atom is 0.253 e. The molecule has 0 saturated carbocycles. The zero-order valence-corrected chi connectivity index (χ0v) is 13.8. The summed E-state index contributed by atoms with van der Waals surface area (Å²) in [4.78, 5) is 14.4. The molecule has 2 heterocycles. The molecular formula is C15H19Cl2FN2O2. The first-order valence-electron chi connectivity index (χ1n) is 7.18. The summed E-state index contributed by atoms with van der Waals surface area (Å²) < 4.78 is 19.0. The number of benzene rings is 1. The van der Waals surface area contributed by atoms with E-state index in [9.17, 15) is 9.18 Å². The van der Waals surface area contributed by atoms with E-state index in [2.05, 4.69) is 5.32 Å². The van der Waals surface area contributed by atoms with Crippen molar-refractivity contribution in [1.82, 2.24) is 10.2 Å². The Bertz CT molecular complexity index is 565. The smallest absolute Gasteiger partial charge is 0.253 e. The predicted octanol–water partition coefficient (Wildman–Crippen LogP) is 2.34. The fraction of sp³-hybridized carbons (Fsp3) is 0.533. The van der Waals surface area contributed by atoms with Crippen LogP contribution in [-0.4, -0.2) is 43.2 Å². The summed E-state index contributed by atoms with van der Waals surface area (Å²) >= 11 is 6.18. The topological polar surface area (TPSA) is 41.6 Å². The van der Waals surface area contributed by atoms with E-state index in [1.54, 1.807) is 4.90 Å². The molecule has 7 heteroatoms. The van der Waals surface area contributed by atoms with E-state index in [1.807, 2.05) is 6.92 Å². The monoisotopic (exact) mass is 348 g/mol. The molecule has 0 aliphatic carbocycles. The van der Waals surface area contributed by atoms with Crippen molar-refractivity contribution in [3.8, 4) is 0 Å². The summed E-state index contributed by atoms with van der Waals surface area (Å²) in [6.07, 6.45) is 0.172. The van der Waals surface area contributed by atoms with Gasteiger partial charge in [-0.15, -0.1) is 12.4 Å². The van der Waals surface area contributed by atoms with Crippen molar-refractivity contribution in [2.45, 2.75) is 25.5 Å². The molecule has 0 aromatic heterocycles. The molecule has 1 N–H and O–H groups in total.